The van der Waals surface area contributed by atoms with Crippen LogP contribution in [-0.4, -0.2) is 33.4 Å². The van der Waals surface area contributed by atoms with E-state index in [1.807, 2.05) is 13.8 Å². The molecule has 3 heterocycles. The Hall–Kier alpha value is -1.95. The molecule has 1 fully saturated rings. The van der Waals surface area contributed by atoms with Crippen molar-refractivity contribution in [2.45, 2.75) is 64.8 Å². The van der Waals surface area contributed by atoms with E-state index < -0.39 is 0 Å². The summed E-state index contributed by atoms with van der Waals surface area (Å²) in [5, 5.41) is 2.11. The molecule has 0 aromatic carbocycles. The Balaban J connectivity index is 1.60. The van der Waals surface area contributed by atoms with E-state index >= 15 is 0 Å². The normalized spacial score (nSPS) is 17.5. The van der Waals surface area contributed by atoms with Crippen LogP contribution < -0.4 is 5.69 Å². The smallest absolute Gasteiger partial charge is 0.340 e. The van der Waals surface area contributed by atoms with Crippen LogP contribution in [0.3, 0.4) is 0 Å². The molecule has 2 aromatic rings. The number of thiophene rings is 1. The molecule has 3 rings (SSSR count). The summed E-state index contributed by atoms with van der Waals surface area (Å²) in [5.74, 6) is 0.228. The second kappa shape index (κ2) is 8.62. The van der Waals surface area contributed by atoms with Crippen LogP contribution in [-0.2, 0) is 17.6 Å². The fourth-order valence-corrected chi connectivity index (χ4v) is 4.62. The van der Waals surface area contributed by atoms with E-state index in [1.54, 1.807) is 11.3 Å². The number of rotatable bonds is 6. The van der Waals surface area contributed by atoms with Gasteiger partial charge in [-0.3, -0.25) is 4.79 Å². The van der Waals surface area contributed by atoms with Gasteiger partial charge in [-0.05, 0) is 69.4 Å². The van der Waals surface area contributed by atoms with Gasteiger partial charge in [0.25, 0.3) is 0 Å². The second-order valence-corrected chi connectivity index (χ2v) is 8.12. The van der Waals surface area contributed by atoms with Crippen molar-refractivity contribution in [1.29, 1.82) is 0 Å². The molecule has 0 unspecified atom stereocenters. The predicted molar refractivity (Wildman–Crippen MR) is 105 cm³/mol. The number of piperidine rings is 1. The number of amides is 1. The molecule has 1 N–H and O–H groups in total. The maximum Gasteiger partial charge on any atom is 0.345 e. The predicted octanol–water partition coefficient (Wildman–Crippen LogP) is 3.39. The third-order valence-electron chi connectivity index (χ3n) is 5.29. The molecule has 1 aliphatic heterocycles. The topological polar surface area (TPSA) is 66.1 Å². The summed E-state index contributed by atoms with van der Waals surface area (Å²) in [6, 6.07) is 4.62. The summed E-state index contributed by atoms with van der Waals surface area (Å²) in [6.45, 7) is 4.59. The van der Waals surface area contributed by atoms with Gasteiger partial charge in [0.05, 0.1) is 0 Å². The van der Waals surface area contributed by atoms with Crippen molar-refractivity contribution in [2.24, 2.45) is 0 Å². The van der Waals surface area contributed by atoms with Crippen molar-refractivity contribution in [1.82, 2.24) is 14.9 Å². The van der Waals surface area contributed by atoms with Gasteiger partial charge in [-0.25, -0.2) is 4.79 Å². The molecule has 1 saturated heterocycles. The average molecular weight is 374 g/mol. The number of nitrogens with one attached hydrogen (secondary N) is 1. The Kier molecular flexibility index (Phi) is 6.25. The number of likely N-dealkylation sites (tertiary alicyclic amines) is 1. The monoisotopic (exact) mass is 373 g/mol. The molecule has 0 saturated carbocycles. The van der Waals surface area contributed by atoms with Crippen molar-refractivity contribution in [3.05, 3.63) is 49.8 Å². The second-order valence-electron chi connectivity index (χ2n) is 7.09. The van der Waals surface area contributed by atoms with Crippen LogP contribution in [0.2, 0.25) is 0 Å². The van der Waals surface area contributed by atoms with Crippen LogP contribution in [0, 0.1) is 13.8 Å². The van der Waals surface area contributed by atoms with Crippen LogP contribution in [0.1, 0.15) is 53.9 Å². The van der Waals surface area contributed by atoms with E-state index in [1.165, 1.54) is 11.3 Å². The van der Waals surface area contributed by atoms with Gasteiger partial charge in [0, 0.05) is 35.3 Å². The highest BCUT2D eigenvalue weighted by molar-refractivity contribution is 7.09. The number of carbonyl (C=O) groups excluding carboxylic acids is 1. The first-order valence-corrected chi connectivity index (χ1v) is 10.3. The summed E-state index contributed by atoms with van der Waals surface area (Å²) < 4.78 is 0. The van der Waals surface area contributed by atoms with E-state index in [0.29, 0.717) is 18.9 Å². The molecular weight excluding hydrogens is 346 g/mol. The molecule has 0 aliphatic carbocycles. The van der Waals surface area contributed by atoms with Gasteiger partial charge in [0.15, 0.2) is 0 Å². The SMILES string of the molecule is Cc1nc(=O)[nH]c(C)c1CCC(=O)N1CCCC[C@@H]1CCc1cccs1. The maximum absolute atomic E-state index is 12.9. The first kappa shape index (κ1) is 18.8. The summed E-state index contributed by atoms with van der Waals surface area (Å²) in [6.07, 6.45) is 6.62. The standard InChI is InChI=1S/C20H27N3O2S/c1-14-18(15(2)22-20(25)21-14)10-11-19(24)23-12-4-3-6-16(23)8-9-17-7-5-13-26-17/h5,7,13,16H,3-4,6,8-12H2,1-2H3,(H,21,22,25)/t16-/m1/s1. The maximum atomic E-state index is 12.9. The lowest BCUT2D eigenvalue weighted by Crippen LogP contribution is -2.44. The molecule has 5 nitrogen and oxygen atoms in total. The lowest BCUT2D eigenvalue weighted by atomic mass is 9.96. The Morgan fingerprint density at radius 1 is 1.35 bits per heavy atom. The number of aromatic nitrogens is 2. The molecule has 1 amide bonds. The zero-order valence-corrected chi connectivity index (χ0v) is 16.4. The summed E-state index contributed by atoms with van der Waals surface area (Å²) in [5.41, 5.74) is 2.22. The minimum absolute atomic E-state index is 0.228. The molecule has 0 radical (unpaired) electrons. The van der Waals surface area contributed by atoms with Gasteiger partial charge in [-0.15, -0.1) is 11.3 Å². The van der Waals surface area contributed by atoms with Crippen molar-refractivity contribution >= 4 is 17.2 Å². The fraction of sp³-hybridized carbons (Fsp3) is 0.550. The molecule has 0 bridgehead atoms. The summed E-state index contributed by atoms with van der Waals surface area (Å²) >= 11 is 1.79. The zero-order chi connectivity index (χ0) is 18.5. The van der Waals surface area contributed by atoms with Gasteiger partial charge >= 0.3 is 5.69 Å². The minimum atomic E-state index is -0.320. The van der Waals surface area contributed by atoms with Crippen LogP contribution in [0.4, 0.5) is 0 Å². The zero-order valence-electron chi connectivity index (χ0n) is 15.6. The molecule has 140 valence electrons. The van der Waals surface area contributed by atoms with Gasteiger partial charge in [0.2, 0.25) is 5.91 Å². The highest BCUT2D eigenvalue weighted by atomic mass is 32.1. The molecular formula is C20H27N3O2S. The van der Waals surface area contributed by atoms with Crippen molar-refractivity contribution in [3.63, 3.8) is 0 Å². The lowest BCUT2D eigenvalue weighted by molar-refractivity contribution is -0.135. The number of aryl methyl sites for hydroxylation is 3. The molecule has 1 aliphatic rings. The van der Waals surface area contributed by atoms with Crippen molar-refractivity contribution in [3.8, 4) is 0 Å². The van der Waals surface area contributed by atoms with Crippen LogP contribution in [0.25, 0.3) is 0 Å². The number of hydrogen-bond acceptors (Lipinski definition) is 4. The van der Waals surface area contributed by atoms with Gasteiger partial charge in [-0.2, -0.15) is 4.98 Å². The van der Waals surface area contributed by atoms with Crippen molar-refractivity contribution in [2.75, 3.05) is 6.54 Å². The Bertz CT molecular complexity index is 772. The highest BCUT2D eigenvalue weighted by Gasteiger charge is 2.26. The van der Waals surface area contributed by atoms with Crippen LogP contribution >= 0.6 is 11.3 Å². The van der Waals surface area contributed by atoms with E-state index in [4.69, 9.17) is 0 Å². The Morgan fingerprint density at radius 3 is 2.92 bits per heavy atom. The average Bonchev–Trinajstić information content (AvgIpc) is 3.12. The number of aromatic amines is 1. The first-order chi connectivity index (χ1) is 12.5. The molecule has 1 atom stereocenters. The van der Waals surface area contributed by atoms with Gasteiger partial charge in [-0.1, -0.05) is 6.07 Å². The Labute approximate surface area is 158 Å². The number of nitrogens with zero attached hydrogens (tertiary/aromatic N) is 2. The molecule has 6 heteroatoms. The van der Waals surface area contributed by atoms with Crippen molar-refractivity contribution < 1.29 is 4.79 Å². The number of H-pyrrole nitrogens is 1. The third-order valence-corrected chi connectivity index (χ3v) is 6.23. The quantitative estimate of drug-likeness (QED) is 0.844. The Morgan fingerprint density at radius 2 is 2.19 bits per heavy atom. The van der Waals surface area contributed by atoms with Crippen LogP contribution in [0.5, 0.6) is 0 Å². The van der Waals surface area contributed by atoms with E-state index in [9.17, 15) is 9.59 Å². The van der Waals surface area contributed by atoms with E-state index in [-0.39, 0.29) is 11.6 Å². The summed E-state index contributed by atoms with van der Waals surface area (Å²) in [7, 11) is 0. The number of carbonyl (C=O) groups is 1. The minimum Gasteiger partial charge on any atom is -0.340 e. The van der Waals surface area contributed by atoms with E-state index in [0.717, 1.165) is 49.2 Å². The van der Waals surface area contributed by atoms with Gasteiger partial charge < -0.3 is 9.88 Å². The highest BCUT2D eigenvalue weighted by Crippen LogP contribution is 2.24. The van der Waals surface area contributed by atoms with Crippen LogP contribution in [0.15, 0.2) is 22.3 Å². The first-order valence-electron chi connectivity index (χ1n) is 9.43. The number of hydrogen-bond donors (Lipinski definition) is 1. The molecule has 2 aromatic heterocycles. The molecule has 26 heavy (non-hydrogen) atoms. The molecule has 0 spiro atoms. The summed E-state index contributed by atoms with van der Waals surface area (Å²) in [4.78, 5) is 34.5. The van der Waals surface area contributed by atoms with Gasteiger partial charge in [0.1, 0.15) is 0 Å². The lowest BCUT2D eigenvalue weighted by Gasteiger charge is -2.36. The fourth-order valence-electron chi connectivity index (χ4n) is 3.89. The van der Waals surface area contributed by atoms with E-state index in [2.05, 4.69) is 32.4 Å². The third kappa shape index (κ3) is 4.61. The largest absolute Gasteiger partial charge is 0.345 e.